The van der Waals surface area contributed by atoms with Crippen molar-refractivity contribution in [3.05, 3.63) is 89.8 Å². The van der Waals surface area contributed by atoms with Crippen molar-refractivity contribution >= 4 is 47.0 Å². The molecule has 1 unspecified atom stereocenters. The summed E-state index contributed by atoms with van der Waals surface area (Å²) in [7, 11) is 1.55. The van der Waals surface area contributed by atoms with Crippen LogP contribution >= 0.6 is 11.8 Å². The van der Waals surface area contributed by atoms with Crippen LogP contribution in [0.5, 0.6) is 0 Å². The number of amides is 2. The first kappa shape index (κ1) is 26.3. The summed E-state index contributed by atoms with van der Waals surface area (Å²) in [5, 5.41) is 22.9. The first-order chi connectivity index (χ1) is 17.3. The molecule has 3 aromatic rings. The van der Waals surface area contributed by atoms with Crippen LogP contribution < -0.4 is 16.4 Å². The fourth-order valence-electron chi connectivity index (χ4n) is 3.15. The zero-order chi connectivity index (χ0) is 26.1. The highest BCUT2D eigenvalue weighted by Crippen LogP contribution is 2.33. The van der Waals surface area contributed by atoms with Gasteiger partial charge in [0.15, 0.2) is 0 Å². The summed E-state index contributed by atoms with van der Waals surface area (Å²) in [5.74, 6) is -2.11. The minimum atomic E-state index is -1.35. The number of carbonyl (C=O) groups excluding carboxylic acids is 2. The van der Waals surface area contributed by atoms with Crippen LogP contribution in [-0.4, -0.2) is 46.7 Å². The molecule has 0 aliphatic rings. The minimum absolute atomic E-state index is 0.112. The molecule has 6 N–H and O–H groups in total. The molecule has 1 atom stereocenters. The summed E-state index contributed by atoms with van der Waals surface area (Å²) >= 11 is 1.32. The fourth-order valence-corrected chi connectivity index (χ4v) is 4.14. The third-order valence-electron chi connectivity index (χ3n) is 4.97. The number of aliphatic carboxylic acids is 1. The first-order valence-electron chi connectivity index (χ1n) is 10.9. The highest BCUT2D eigenvalue weighted by molar-refractivity contribution is 7.99. The number of rotatable bonds is 10. The number of benzene rings is 2. The van der Waals surface area contributed by atoms with E-state index in [0.29, 0.717) is 32.3 Å². The van der Waals surface area contributed by atoms with E-state index in [1.165, 1.54) is 11.8 Å². The average molecular weight is 504 g/mol. The van der Waals surface area contributed by atoms with Gasteiger partial charge in [0.1, 0.15) is 6.04 Å². The lowest BCUT2D eigenvalue weighted by atomic mass is 10.1. The van der Waals surface area contributed by atoms with Crippen molar-refractivity contribution in [2.75, 3.05) is 12.4 Å². The molecule has 0 bridgehead atoms. The number of carboxylic acids is 1. The number of nitrogens with zero attached hydrogens (tertiary/aromatic N) is 1. The van der Waals surface area contributed by atoms with Gasteiger partial charge in [-0.25, -0.2) is 0 Å². The molecule has 0 aliphatic heterocycles. The fraction of sp³-hybridized carbons (Fsp3) is 0.115. The quantitative estimate of drug-likeness (QED) is 0.265. The Kier molecular flexibility index (Phi) is 9.09. The zero-order valence-electron chi connectivity index (χ0n) is 19.4. The zero-order valence-corrected chi connectivity index (χ0v) is 20.2. The van der Waals surface area contributed by atoms with Crippen molar-refractivity contribution in [2.45, 2.75) is 22.3 Å². The molecule has 3 rings (SSSR count). The number of hydrogen-bond donors (Lipinski definition) is 5. The van der Waals surface area contributed by atoms with Gasteiger partial charge in [-0.2, -0.15) is 0 Å². The predicted molar refractivity (Wildman–Crippen MR) is 139 cm³/mol. The van der Waals surface area contributed by atoms with Gasteiger partial charge in [-0.3, -0.25) is 19.4 Å². The maximum Gasteiger partial charge on any atom is 0.321 e. The molecule has 0 saturated heterocycles. The largest absolute Gasteiger partial charge is 0.480 e. The lowest BCUT2D eigenvalue weighted by molar-refractivity contribution is -0.140. The number of pyridine rings is 1. The van der Waals surface area contributed by atoms with E-state index < -0.39 is 24.3 Å². The van der Waals surface area contributed by atoms with E-state index in [9.17, 15) is 14.4 Å². The van der Waals surface area contributed by atoms with Gasteiger partial charge in [-0.05, 0) is 54.6 Å². The molecule has 0 spiro atoms. The topological polar surface area (TPSA) is 158 Å². The minimum Gasteiger partial charge on any atom is -0.480 e. The molecule has 0 radical (unpaired) electrons. The normalized spacial score (nSPS) is 11.6. The Morgan fingerprint density at radius 3 is 2.56 bits per heavy atom. The Labute approximate surface area is 212 Å². The van der Waals surface area contributed by atoms with Crippen molar-refractivity contribution < 1.29 is 19.5 Å². The molecule has 36 heavy (non-hydrogen) atoms. The van der Waals surface area contributed by atoms with Gasteiger partial charge in [0.05, 0.1) is 29.1 Å². The molecular formula is C26H25N5O4S. The van der Waals surface area contributed by atoms with E-state index in [0.717, 1.165) is 0 Å². The summed E-state index contributed by atoms with van der Waals surface area (Å²) < 4.78 is 0. The number of carboxylic acid groups (broad SMARTS) is 1. The molecule has 1 aromatic heterocycles. The average Bonchev–Trinajstić information content (AvgIpc) is 2.87. The van der Waals surface area contributed by atoms with Crippen LogP contribution in [-0.2, 0) is 9.59 Å². The van der Waals surface area contributed by atoms with E-state index in [1.807, 2.05) is 18.2 Å². The van der Waals surface area contributed by atoms with Crippen LogP contribution in [0.4, 0.5) is 5.69 Å². The van der Waals surface area contributed by atoms with E-state index >= 15 is 0 Å². The maximum atomic E-state index is 12.5. The SMILES string of the molecule is CNC(=O)c1ccccc1Sc1ccc(C(=N)/C=C/c2ccccn2)c(NC(=O)CC(N)C(=O)O)c1. The number of aromatic nitrogens is 1. The number of nitrogens with one attached hydrogen (secondary N) is 3. The van der Waals surface area contributed by atoms with Gasteiger partial charge in [0.25, 0.3) is 5.91 Å². The molecule has 2 amide bonds. The van der Waals surface area contributed by atoms with Crippen LogP contribution in [0.25, 0.3) is 6.08 Å². The molecule has 0 saturated carbocycles. The molecule has 2 aromatic carbocycles. The highest BCUT2D eigenvalue weighted by atomic mass is 32.2. The van der Waals surface area contributed by atoms with Crippen molar-refractivity contribution in [1.29, 1.82) is 5.41 Å². The van der Waals surface area contributed by atoms with E-state index in [1.54, 1.807) is 67.9 Å². The highest BCUT2D eigenvalue weighted by Gasteiger charge is 2.19. The van der Waals surface area contributed by atoms with Crippen LogP contribution in [0.2, 0.25) is 0 Å². The van der Waals surface area contributed by atoms with Crippen molar-refractivity contribution in [1.82, 2.24) is 10.3 Å². The van der Waals surface area contributed by atoms with Gasteiger partial charge in [-0.15, -0.1) is 0 Å². The van der Waals surface area contributed by atoms with Gasteiger partial charge in [0.2, 0.25) is 5.91 Å². The molecule has 0 fully saturated rings. The summed E-state index contributed by atoms with van der Waals surface area (Å²) in [4.78, 5) is 41.4. The van der Waals surface area contributed by atoms with Crippen LogP contribution in [0, 0.1) is 5.41 Å². The summed E-state index contributed by atoms with van der Waals surface area (Å²) in [6.45, 7) is 0. The molecule has 10 heteroatoms. The van der Waals surface area contributed by atoms with Crippen molar-refractivity contribution in [3.8, 4) is 0 Å². The Hall–Kier alpha value is -4.28. The Morgan fingerprint density at radius 2 is 1.86 bits per heavy atom. The molecule has 184 valence electrons. The number of nitrogens with two attached hydrogens (primary N) is 1. The lowest BCUT2D eigenvalue weighted by Crippen LogP contribution is -2.34. The first-order valence-corrected chi connectivity index (χ1v) is 11.7. The summed E-state index contributed by atoms with van der Waals surface area (Å²) in [6, 6.07) is 16.3. The third kappa shape index (κ3) is 7.11. The lowest BCUT2D eigenvalue weighted by Gasteiger charge is -2.14. The second-order valence-electron chi connectivity index (χ2n) is 7.58. The maximum absolute atomic E-state index is 12.5. The molecular weight excluding hydrogens is 478 g/mol. The van der Waals surface area contributed by atoms with Crippen molar-refractivity contribution in [2.24, 2.45) is 5.73 Å². The number of carbonyl (C=O) groups is 3. The van der Waals surface area contributed by atoms with Gasteiger partial charge in [-0.1, -0.05) is 30.0 Å². The molecule has 9 nitrogen and oxygen atoms in total. The monoisotopic (exact) mass is 503 g/mol. The van der Waals surface area contributed by atoms with Gasteiger partial charge in [0, 0.05) is 28.6 Å². The molecule has 0 aliphatic carbocycles. The third-order valence-corrected chi connectivity index (χ3v) is 6.04. The van der Waals surface area contributed by atoms with Crippen LogP contribution in [0.15, 0.2) is 82.7 Å². The number of allylic oxidation sites excluding steroid dienone is 1. The van der Waals surface area contributed by atoms with E-state index in [4.69, 9.17) is 16.2 Å². The van der Waals surface area contributed by atoms with Gasteiger partial charge >= 0.3 is 5.97 Å². The number of hydrogen-bond acceptors (Lipinski definition) is 7. The number of anilines is 1. The van der Waals surface area contributed by atoms with E-state index in [2.05, 4.69) is 15.6 Å². The van der Waals surface area contributed by atoms with Crippen LogP contribution in [0.3, 0.4) is 0 Å². The Morgan fingerprint density at radius 1 is 1.11 bits per heavy atom. The smallest absolute Gasteiger partial charge is 0.321 e. The summed E-state index contributed by atoms with van der Waals surface area (Å²) in [5.41, 5.74) is 7.52. The van der Waals surface area contributed by atoms with E-state index in [-0.39, 0.29) is 11.6 Å². The van der Waals surface area contributed by atoms with Gasteiger partial charge < -0.3 is 26.9 Å². The van der Waals surface area contributed by atoms with Crippen LogP contribution in [0.1, 0.15) is 28.0 Å². The second kappa shape index (κ2) is 12.4. The Balaban J connectivity index is 1.93. The second-order valence-corrected chi connectivity index (χ2v) is 8.70. The Bertz CT molecular complexity index is 1310. The molecule has 1 heterocycles. The standard InChI is InChI=1S/C26H25N5O4S/c1-29-25(33)19-7-2-3-8-23(19)36-17-10-11-18(20(27)12-9-16-6-4-5-13-30-16)22(14-17)31-24(32)15-21(28)26(34)35/h2-14,21,27H,15,28H2,1H3,(H,29,33)(H,31,32)(H,34,35)/b12-9+,27-20?. The predicted octanol–water partition coefficient (Wildman–Crippen LogP) is 3.41. The van der Waals surface area contributed by atoms with Crippen molar-refractivity contribution in [3.63, 3.8) is 0 Å². The summed E-state index contributed by atoms with van der Waals surface area (Å²) in [6.07, 6.45) is 4.45.